The second-order valence-corrected chi connectivity index (χ2v) is 10.0. The number of anilines is 1. The van der Waals surface area contributed by atoms with E-state index >= 15 is 0 Å². The summed E-state index contributed by atoms with van der Waals surface area (Å²) >= 11 is 0. The normalized spacial score (nSPS) is 21.4. The fourth-order valence-electron chi connectivity index (χ4n) is 4.31. The first-order valence-corrected chi connectivity index (χ1v) is 13.2. The van der Waals surface area contributed by atoms with Crippen molar-refractivity contribution in [3.05, 3.63) is 16.7 Å². The zero-order valence-electron chi connectivity index (χ0n) is 21.9. The van der Waals surface area contributed by atoms with E-state index in [0.29, 0.717) is 6.42 Å². The molecule has 2 aromatic rings. The van der Waals surface area contributed by atoms with Crippen LogP contribution in [0.15, 0.2) is 11.1 Å². The highest BCUT2D eigenvalue weighted by Crippen LogP contribution is 2.30. The molecule has 0 unspecified atom stereocenters. The van der Waals surface area contributed by atoms with E-state index in [2.05, 4.69) is 28.8 Å². The number of unbranched alkanes of at least 4 members (excludes halogenated alkanes) is 8. The smallest absolute Gasteiger partial charge is 0.303 e. The van der Waals surface area contributed by atoms with E-state index in [1.54, 1.807) is 0 Å². The number of carbonyl (C=O) groups is 1. The number of aliphatic carboxylic acids is 1. The molecule has 0 bridgehead atoms. The summed E-state index contributed by atoms with van der Waals surface area (Å²) < 4.78 is 6.64. The van der Waals surface area contributed by atoms with Crippen LogP contribution in [0, 0.1) is 5.92 Å². The number of carboxylic acid groups (broad SMARTS) is 1. The topological polar surface area (TPSA) is 197 Å². The molecule has 7 N–H and O–H groups in total. The summed E-state index contributed by atoms with van der Waals surface area (Å²) in [5.41, 5.74) is 5.12. The summed E-state index contributed by atoms with van der Waals surface area (Å²) in [6, 6.07) is 0. The van der Waals surface area contributed by atoms with Crippen LogP contribution in [0.3, 0.4) is 0 Å². The van der Waals surface area contributed by atoms with Crippen molar-refractivity contribution in [1.82, 2.24) is 19.5 Å². The summed E-state index contributed by atoms with van der Waals surface area (Å²) in [6.45, 7) is 4.13. The SMILES string of the molecule is CC(C)CCCCCCCCCCCC(=O)O.Nc1nc2c(ncn2[C@@H]2O[C@H](CO)[C@@H](O)[C@H]2O)c(=O)[nH]1. The highest BCUT2D eigenvalue weighted by atomic mass is 16.6. The number of aromatic nitrogens is 4. The van der Waals surface area contributed by atoms with Crippen molar-refractivity contribution in [3.63, 3.8) is 0 Å². The summed E-state index contributed by atoms with van der Waals surface area (Å²) in [7, 11) is 0. The third-order valence-electron chi connectivity index (χ3n) is 6.41. The molecule has 0 radical (unpaired) electrons. The number of aliphatic hydroxyl groups is 3. The Balaban J connectivity index is 0.000000265. The average Bonchev–Trinajstić information content (AvgIpc) is 3.38. The average molecular weight is 526 g/mol. The van der Waals surface area contributed by atoms with Gasteiger partial charge in [0.1, 0.15) is 18.3 Å². The van der Waals surface area contributed by atoms with Crippen LogP contribution in [-0.4, -0.2) is 70.8 Å². The lowest BCUT2D eigenvalue weighted by molar-refractivity contribution is -0.137. The Hall–Kier alpha value is -2.54. The predicted octanol–water partition coefficient (Wildman–Crippen LogP) is 2.33. The van der Waals surface area contributed by atoms with E-state index < -0.39 is 42.7 Å². The van der Waals surface area contributed by atoms with E-state index in [9.17, 15) is 19.8 Å². The Morgan fingerprint density at radius 3 is 2.22 bits per heavy atom. The molecule has 3 heterocycles. The van der Waals surface area contributed by atoms with Crippen molar-refractivity contribution >= 4 is 23.1 Å². The zero-order chi connectivity index (χ0) is 27.4. The summed E-state index contributed by atoms with van der Waals surface area (Å²) in [5, 5.41) is 37.2. The second-order valence-electron chi connectivity index (χ2n) is 10.0. The minimum atomic E-state index is -1.29. The van der Waals surface area contributed by atoms with Gasteiger partial charge in [-0.05, 0) is 12.3 Å². The molecule has 1 fully saturated rings. The molecule has 1 aliphatic rings. The molecule has 37 heavy (non-hydrogen) atoms. The van der Waals surface area contributed by atoms with Crippen LogP contribution in [0.1, 0.15) is 90.7 Å². The van der Waals surface area contributed by atoms with Crippen molar-refractivity contribution in [1.29, 1.82) is 0 Å². The van der Waals surface area contributed by atoms with Crippen LogP contribution in [0.4, 0.5) is 5.95 Å². The molecule has 1 aliphatic heterocycles. The van der Waals surface area contributed by atoms with Gasteiger partial charge >= 0.3 is 5.97 Å². The molecule has 3 rings (SSSR count). The van der Waals surface area contributed by atoms with Crippen molar-refractivity contribution in [2.24, 2.45) is 5.92 Å². The van der Waals surface area contributed by atoms with E-state index in [4.69, 9.17) is 20.7 Å². The number of carboxylic acids is 1. The Bertz CT molecular complexity index is 1010. The lowest BCUT2D eigenvalue weighted by Crippen LogP contribution is -2.33. The Morgan fingerprint density at radius 2 is 1.68 bits per heavy atom. The standard InChI is InChI=1S/C15H30O2.C10H13N5O5/c1-14(2)12-10-8-6-4-3-5-7-9-11-13-15(16)17;11-10-13-7-4(8(19)14-10)12-2-15(7)9-6(18)5(17)3(1-16)20-9/h14H,3-13H2,1-2H3,(H,16,17);2-3,5-6,9,16-18H,1H2,(H3,11,13,14,19)/t;3-,5-,6-,9-/m.1/s1. The third kappa shape index (κ3) is 9.69. The molecule has 1 saturated heterocycles. The summed E-state index contributed by atoms with van der Waals surface area (Å²) in [5.74, 6) is 0.0929. The van der Waals surface area contributed by atoms with Gasteiger partial charge in [-0.3, -0.25) is 19.1 Å². The van der Waals surface area contributed by atoms with Gasteiger partial charge in [0.05, 0.1) is 12.9 Å². The zero-order valence-corrected chi connectivity index (χ0v) is 21.9. The number of nitrogen functional groups attached to an aromatic ring is 1. The molecule has 0 spiro atoms. The lowest BCUT2D eigenvalue weighted by atomic mass is 10.0. The van der Waals surface area contributed by atoms with Crippen LogP contribution in [-0.2, 0) is 9.53 Å². The number of hydrogen-bond acceptors (Lipinski definition) is 9. The molecule has 0 aromatic carbocycles. The molecular formula is C25H43N5O7. The maximum absolute atomic E-state index is 11.7. The number of H-pyrrole nitrogens is 1. The van der Waals surface area contributed by atoms with Gasteiger partial charge in [-0.2, -0.15) is 4.98 Å². The number of aliphatic hydroxyl groups excluding tert-OH is 3. The molecule has 0 aliphatic carbocycles. The number of hydrogen-bond donors (Lipinski definition) is 6. The van der Waals surface area contributed by atoms with Crippen LogP contribution in [0.2, 0.25) is 0 Å². The van der Waals surface area contributed by atoms with Gasteiger partial charge in [0, 0.05) is 6.42 Å². The minimum absolute atomic E-state index is 0.0388. The lowest BCUT2D eigenvalue weighted by Gasteiger charge is -2.16. The van der Waals surface area contributed by atoms with Gasteiger partial charge in [-0.1, -0.05) is 71.6 Å². The largest absolute Gasteiger partial charge is 0.481 e. The monoisotopic (exact) mass is 525 g/mol. The van der Waals surface area contributed by atoms with E-state index in [1.165, 1.54) is 62.3 Å². The predicted molar refractivity (Wildman–Crippen MR) is 139 cm³/mol. The summed E-state index contributed by atoms with van der Waals surface area (Å²) in [4.78, 5) is 32.1. The maximum Gasteiger partial charge on any atom is 0.303 e. The van der Waals surface area contributed by atoms with E-state index in [-0.39, 0.29) is 17.1 Å². The molecule has 210 valence electrons. The molecular weight excluding hydrogens is 482 g/mol. The maximum atomic E-state index is 11.7. The number of rotatable bonds is 14. The molecule has 0 saturated carbocycles. The summed E-state index contributed by atoms with van der Waals surface area (Å²) in [6.07, 6.45) is 9.76. The van der Waals surface area contributed by atoms with Gasteiger partial charge in [0.25, 0.3) is 5.56 Å². The number of imidazole rings is 1. The van der Waals surface area contributed by atoms with Crippen LogP contribution < -0.4 is 11.3 Å². The van der Waals surface area contributed by atoms with Crippen LogP contribution in [0.5, 0.6) is 0 Å². The molecule has 12 nitrogen and oxygen atoms in total. The van der Waals surface area contributed by atoms with Gasteiger partial charge in [0.2, 0.25) is 5.95 Å². The van der Waals surface area contributed by atoms with Crippen molar-refractivity contribution in [2.75, 3.05) is 12.3 Å². The Labute approximate surface area is 216 Å². The van der Waals surface area contributed by atoms with E-state index in [0.717, 1.165) is 18.8 Å². The first kappa shape index (κ1) is 30.7. The highest BCUT2D eigenvalue weighted by molar-refractivity contribution is 5.70. The minimum Gasteiger partial charge on any atom is -0.481 e. The quantitative estimate of drug-likeness (QED) is 0.199. The molecule has 2 aromatic heterocycles. The van der Waals surface area contributed by atoms with E-state index in [1.807, 2.05) is 0 Å². The van der Waals surface area contributed by atoms with Crippen LogP contribution in [0.25, 0.3) is 11.2 Å². The van der Waals surface area contributed by atoms with Gasteiger partial charge in [0.15, 0.2) is 17.4 Å². The molecule has 12 heteroatoms. The fraction of sp³-hybridized carbons (Fsp3) is 0.760. The van der Waals surface area contributed by atoms with Gasteiger partial charge < -0.3 is 30.9 Å². The Kier molecular flexibility index (Phi) is 13.0. The third-order valence-corrected chi connectivity index (χ3v) is 6.41. The number of nitrogens with zero attached hydrogens (tertiary/aromatic N) is 3. The van der Waals surface area contributed by atoms with Gasteiger partial charge in [-0.25, -0.2) is 4.98 Å². The highest BCUT2D eigenvalue weighted by Gasteiger charge is 2.44. The van der Waals surface area contributed by atoms with Crippen molar-refractivity contribution < 1.29 is 30.0 Å². The fourth-order valence-corrected chi connectivity index (χ4v) is 4.31. The number of fused-ring (bicyclic) bond motifs is 1. The molecule has 0 amide bonds. The Morgan fingerprint density at radius 1 is 1.08 bits per heavy atom. The number of nitrogens with two attached hydrogens (primary N) is 1. The van der Waals surface area contributed by atoms with Crippen molar-refractivity contribution in [3.8, 4) is 0 Å². The van der Waals surface area contributed by atoms with Crippen LogP contribution >= 0.6 is 0 Å². The second kappa shape index (κ2) is 15.7. The number of ether oxygens (including phenoxy) is 1. The molecule has 4 atom stereocenters. The first-order chi connectivity index (χ1) is 17.6. The van der Waals surface area contributed by atoms with Crippen molar-refractivity contribution in [2.45, 2.75) is 109 Å². The number of nitrogens with one attached hydrogen (secondary N) is 1. The number of aromatic amines is 1. The van der Waals surface area contributed by atoms with Gasteiger partial charge in [-0.15, -0.1) is 0 Å². The first-order valence-electron chi connectivity index (χ1n) is 13.2.